The lowest BCUT2D eigenvalue weighted by molar-refractivity contribution is 0.258. The summed E-state index contributed by atoms with van der Waals surface area (Å²) in [5.41, 5.74) is 0. The van der Waals surface area contributed by atoms with Gasteiger partial charge in [0.15, 0.2) is 5.11 Å². The van der Waals surface area contributed by atoms with Gasteiger partial charge in [-0.3, -0.25) is 4.90 Å². The summed E-state index contributed by atoms with van der Waals surface area (Å²) < 4.78 is 5.44. The van der Waals surface area contributed by atoms with Crippen LogP contribution in [0.2, 0.25) is 0 Å². The first-order chi connectivity index (χ1) is 8.16. The molecule has 5 heteroatoms. The molecule has 2 rings (SSSR count). The summed E-state index contributed by atoms with van der Waals surface area (Å²) >= 11 is 5.23. The molecule has 94 valence electrons. The standard InChI is InChI=1S/C12H19N3OS/c1-15(2)10(11-4-3-7-16-11)8-13-12(17)14-9-5-6-9/h3-4,7,9-10H,5-6,8H2,1-2H3,(H2,13,14,17). The Labute approximate surface area is 107 Å². The number of thiocarbonyl (C=S) groups is 1. The van der Waals surface area contributed by atoms with Gasteiger partial charge in [-0.1, -0.05) is 0 Å². The Balaban J connectivity index is 1.83. The van der Waals surface area contributed by atoms with Gasteiger partial charge < -0.3 is 15.1 Å². The van der Waals surface area contributed by atoms with Gasteiger partial charge in [-0.15, -0.1) is 0 Å². The first-order valence-electron chi connectivity index (χ1n) is 5.91. The third-order valence-corrected chi connectivity index (χ3v) is 3.13. The van der Waals surface area contributed by atoms with Gasteiger partial charge in [0.2, 0.25) is 0 Å². The molecule has 4 nitrogen and oxygen atoms in total. The SMILES string of the molecule is CN(C)C(CNC(=S)NC1CC1)c1ccco1. The van der Waals surface area contributed by atoms with Gasteiger partial charge in [-0.2, -0.15) is 0 Å². The maximum Gasteiger partial charge on any atom is 0.166 e. The largest absolute Gasteiger partial charge is 0.468 e. The van der Waals surface area contributed by atoms with E-state index in [-0.39, 0.29) is 6.04 Å². The summed E-state index contributed by atoms with van der Waals surface area (Å²) in [5.74, 6) is 0.955. The second-order valence-electron chi connectivity index (χ2n) is 4.62. The van der Waals surface area contributed by atoms with Gasteiger partial charge in [0.25, 0.3) is 0 Å². The van der Waals surface area contributed by atoms with Crippen LogP contribution in [0.1, 0.15) is 24.6 Å². The maximum atomic E-state index is 5.44. The van der Waals surface area contributed by atoms with Crippen molar-refractivity contribution >= 4 is 17.3 Å². The van der Waals surface area contributed by atoms with Crippen LogP contribution in [0.4, 0.5) is 0 Å². The molecular formula is C12H19N3OS. The highest BCUT2D eigenvalue weighted by Gasteiger charge is 2.22. The van der Waals surface area contributed by atoms with Crippen LogP contribution in [0, 0.1) is 0 Å². The van der Waals surface area contributed by atoms with E-state index in [1.54, 1.807) is 6.26 Å². The number of nitrogens with one attached hydrogen (secondary N) is 2. The summed E-state index contributed by atoms with van der Waals surface area (Å²) in [6, 6.07) is 4.69. The molecular weight excluding hydrogens is 234 g/mol. The predicted molar refractivity (Wildman–Crippen MR) is 71.9 cm³/mol. The highest BCUT2D eigenvalue weighted by atomic mass is 32.1. The van der Waals surface area contributed by atoms with Crippen LogP contribution >= 0.6 is 12.2 Å². The van der Waals surface area contributed by atoms with Crippen LogP contribution in [-0.2, 0) is 0 Å². The van der Waals surface area contributed by atoms with Crippen molar-refractivity contribution in [3.05, 3.63) is 24.2 Å². The van der Waals surface area contributed by atoms with Crippen molar-refractivity contribution in [3.63, 3.8) is 0 Å². The molecule has 0 aromatic carbocycles. The monoisotopic (exact) mass is 253 g/mol. The molecule has 0 bridgehead atoms. The van der Waals surface area contributed by atoms with Crippen LogP contribution in [0.5, 0.6) is 0 Å². The van der Waals surface area contributed by atoms with Crippen molar-refractivity contribution in [1.29, 1.82) is 0 Å². The number of rotatable bonds is 5. The molecule has 1 heterocycles. The second-order valence-corrected chi connectivity index (χ2v) is 5.03. The van der Waals surface area contributed by atoms with Crippen molar-refractivity contribution in [2.45, 2.75) is 24.9 Å². The van der Waals surface area contributed by atoms with E-state index >= 15 is 0 Å². The van der Waals surface area contributed by atoms with Crippen molar-refractivity contribution in [1.82, 2.24) is 15.5 Å². The second kappa shape index (κ2) is 5.51. The third-order valence-electron chi connectivity index (χ3n) is 2.86. The van der Waals surface area contributed by atoms with Crippen LogP contribution in [-0.4, -0.2) is 36.7 Å². The molecule has 1 atom stereocenters. The Hall–Kier alpha value is -1.07. The van der Waals surface area contributed by atoms with Crippen LogP contribution in [0.3, 0.4) is 0 Å². The van der Waals surface area contributed by atoms with E-state index in [4.69, 9.17) is 16.6 Å². The summed E-state index contributed by atoms with van der Waals surface area (Å²) in [6.07, 6.45) is 4.17. The Bertz CT molecular complexity index is 360. The molecule has 1 fully saturated rings. The number of hydrogen-bond donors (Lipinski definition) is 2. The molecule has 2 N–H and O–H groups in total. The average molecular weight is 253 g/mol. The zero-order chi connectivity index (χ0) is 12.3. The molecule has 1 aromatic rings. The molecule has 0 spiro atoms. The number of nitrogens with zero attached hydrogens (tertiary/aromatic N) is 1. The summed E-state index contributed by atoms with van der Waals surface area (Å²) in [4.78, 5) is 2.12. The fourth-order valence-corrected chi connectivity index (χ4v) is 1.92. The fraction of sp³-hybridized carbons (Fsp3) is 0.583. The maximum absolute atomic E-state index is 5.44. The minimum absolute atomic E-state index is 0.198. The van der Waals surface area contributed by atoms with E-state index in [0.29, 0.717) is 6.04 Å². The normalized spacial score (nSPS) is 16.9. The smallest absolute Gasteiger partial charge is 0.166 e. The molecule has 0 radical (unpaired) electrons. The lowest BCUT2D eigenvalue weighted by atomic mass is 10.2. The topological polar surface area (TPSA) is 40.4 Å². The van der Waals surface area contributed by atoms with Crippen molar-refractivity contribution in [3.8, 4) is 0 Å². The van der Waals surface area contributed by atoms with Gasteiger partial charge in [0.1, 0.15) is 5.76 Å². The first kappa shape index (κ1) is 12.4. The minimum atomic E-state index is 0.198. The van der Waals surface area contributed by atoms with E-state index in [1.165, 1.54) is 12.8 Å². The first-order valence-corrected chi connectivity index (χ1v) is 6.32. The van der Waals surface area contributed by atoms with Crippen LogP contribution < -0.4 is 10.6 Å². The lowest BCUT2D eigenvalue weighted by Crippen LogP contribution is -2.41. The molecule has 1 saturated carbocycles. The van der Waals surface area contributed by atoms with E-state index < -0.39 is 0 Å². The van der Waals surface area contributed by atoms with E-state index in [2.05, 4.69) is 15.5 Å². The van der Waals surface area contributed by atoms with Gasteiger partial charge in [0, 0.05) is 12.6 Å². The minimum Gasteiger partial charge on any atom is -0.468 e. The summed E-state index contributed by atoms with van der Waals surface area (Å²) in [7, 11) is 4.07. The molecule has 1 aliphatic rings. The lowest BCUT2D eigenvalue weighted by Gasteiger charge is -2.23. The van der Waals surface area contributed by atoms with Gasteiger partial charge in [0.05, 0.1) is 12.3 Å². The Kier molecular flexibility index (Phi) is 4.02. The molecule has 1 aromatic heterocycles. The van der Waals surface area contributed by atoms with Crippen LogP contribution in [0.25, 0.3) is 0 Å². The van der Waals surface area contributed by atoms with E-state index in [9.17, 15) is 0 Å². The van der Waals surface area contributed by atoms with Gasteiger partial charge in [-0.05, 0) is 51.3 Å². The zero-order valence-electron chi connectivity index (χ0n) is 10.3. The van der Waals surface area contributed by atoms with Gasteiger partial charge in [-0.25, -0.2) is 0 Å². The Morgan fingerprint density at radius 2 is 2.35 bits per heavy atom. The zero-order valence-corrected chi connectivity index (χ0v) is 11.1. The van der Waals surface area contributed by atoms with E-state index in [0.717, 1.165) is 17.4 Å². The molecule has 0 aliphatic heterocycles. The number of hydrogen-bond acceptors (Lipinski definition) is 3. The predicted octanol–water partition coefficient (Wildman–Crippen LogP) is 1.51. The molecule has 1 unspecified atom stereocenters. The third kappa shape index (κ3) is 3.71. The van der Waals surface area contributed by atoms with Crippen molar-refractivity contribution in [2.24, 2.45) is 0 Å². The van der Waals surface area contributed by atoms with Crippen LogP contribution in [0.15, 0.2) is 22.8 Å². The van der Waals surface area contributed by atoms with Gasteiger partial charge >= 0.3 is 0 Å². The highest BCUT2D eigenvalue weighted by Crippen LogP contribution is 2.19. The summed E-state index contributed by atoms with van der Waals surface area (Å²) in [5, 5.41) is 7.25. The molecule has 1 aliphatic carbocycles. The highest BCUT2D eigenvalue weighted by molar-refractivity contribution is 7.80. The number of likely N-dealkylation sites (N-methyl/N-ethyl adjacent to an activating group) is 1. The number of furan rings is 1. The Morgan fingerprint density at radius 1 is 1.59 bits per heavy atom. The average Bonchev–Trinajstić information content (AvgIpc) is 2.92. The molecule has 0 saturated heterocycles. The summed E-state index contributed by atoms with van der Waals surface area (Å²) in [6.45, 7) is 0.749. The van der Waals surface area contributed by atoms with Crippen molar-refractivity contribution in [2.75, 3.05) is 20.6 Å². The molecule has 0 amide bonds. The molecule has 17 heavy (non-hydrogen) atoms. The van der Waals surface area contributed by atoms with E-state index in [1.807, 2.05) is 26.2 Å². The fourth-order valence-electron chi connectivity index (χ4n) is 1.67. The van der Waals surface area contributed by atoms with Crippen molar-refractivity contribution < 1.29 is 4.42 Å². The quantitative estimate of drug-likeness (QED) is 0.778. The Morgan fingerprint density at radius 3 is 2.88 bits per heavy atom.